The number of nitrogens with one attached hydrogen (secondary N) is 1. The summed E-state index contributed by atoms with van der Waals surface area (Å²) in [6, 6.07) is 8.22. The number of halogens is 2. The summed E-state index contributed by atoms with van der Waals surface area (Å²) in [4.78, 5) is 16.8. The molecular weight excluding hydrogens is 381 g/mol. The number of nitrogens with zero attached hydrogens (tertiary/aromatic N) is 2. The molecule has 0 amide bonds. The average Bonchev–Trinajstić information content (AvgIpc) is 3.09. The van der Waals surface area contributed by atoms with Crippen LogP contribution in [0.1, 0.15) is 25.7 Å². The Kier molecular flexibility index (Phi) is 3.88. The number of carbonyl (C=O) groups excluding carboxylic acids is 1. The quantitative estimate of drug-likeness (QED) is 0.635. The molecule has 0 radical (unpaired) electrons. The number of ketones is 1. The molecule has 0 unspecified atom stereocenters. The number of benzene rings is 1. The summed E-state index contributed by atoms with van der Waals surface area (Å²) in [5, 5.41) is 3.63. The second-order valence-corrected chi connectivity index (χ2v) is 8.50. The van der Waals surface area contributed by atoms with Crippen LogP contribution >= 0.6 is 11.6 Å². The lowest BCUT2D eigenvalue weighted by Gasteiger charge is -2.71. The summed E-state index contributed by atoms with van der Waals surface area (Å²) in [6.07, 6.45) is 9.10. The van der Waals surface area contributed by atoms with Gasteiger partial charge in [0.25, 0.3) is 0 Å². The fourth-order valence-corrected chi connectivity index (χ4v) is 4.95. The molecule has 1 aromatic carbocycles. The van der Waals surface area contributed by atoms with Crippen LogP contribution < -0.4 is 10.1 Å². The van der Waals surface area contributed by atoms with Gasteiger partial charge in [-0.25, -0.2) is 9.37 Å². The second kappa shape index (κ2) is 6.21. The van der Waals surface area contributed by atoms with Gasteiger partial charge >= 0.3 is 0 Å². The Bertz CT molecular complexity index is 1060. The third-order valence-electron chi connectivity index (χ3n) is 5.84. The Hall–Kier alpha value is -2.60. The predicted molar refractivity (Wildman–Crippen MR) is 104 cm³/mol. The van der Waals surface area contributed by atoms with Crippen molar-refractivity contribution < 1.29 is 13.9 Å². The minimum absolute atomic E-state index is 0.0375. The standard InChI is InChI=1S/C21H19ClFN3O2/c22-16-4-3-15(8-17(16)23)28-10-14(27)9-20-11-21(12-20,13-20)25-19-18-2-1-6-26(18)7-5-24-19/h1-8H,9-13H2,(H,24,25). The Morgan fingerprint density at radius 2 is 2.11 bits per heavy atom. The van der Waals surface area contributed by atoms with Crippen LogP contribution in [-0.2, 0) is 4.79 Å². The Morgan fingerprint density at radius 1 is 1.29 bits per heavy atom. The van der Waals surface area contributed by atoms with Crippen molar-refractivity contribution in [2.24, 2.45) is 5.41 Å². The number of rotatable bonds is 7. The zero-order valence-corrected chi connectivity index (χ0v) is 15.9. The maximum atomic E-state index is 13.4. The van der Waals surface area contributed by atoms with Crippen molar-refractivity contribution in [1.82, 2.24) is 9.38 Å². The fourth-order valence-electron chi connectivity index (χ4n) is 4.84. The monoisotopic (exact) mass is 399 g/mol. The maximum Gasteiger partial charge on any atom is 0.170 e. The van der Waals surface area contributed by atoms with Gasteiger partial charge in [0.2, 0.25) is 0 Å². The SMILES string of the molecule is O=C(COc1ccc(Cl)c(F)c1)CC12CC(Nc3nccn4cccc34)(C1)C2. The van der Waals surface area contributed by atoms with Gasteiger partial charge in [-0.1, -0.05) is 11.6 Å². The first-order chi connectivity index (χ1) is 13.5. The Morgan fingerprint density at radius 3 is 2.89 bits per heavy atom. The molecule has 144 valence electrons. The summed E-state index contributed by atoms with van der Waals surface area (Å²) in [5.41, 5.74) is 1.19. The molecule has 3 fully saturated rings. The molecule has 2 heterocycles. The van der Waals surface area contributed by atoms with Crippen molar-refractivity contribution in [3.05, 3.63) is 59.8 Å². The molecular formula is C21H19ClFN3O2. The van der Waals surface area contributed by atoms with E-state index in [1.807, 2.05) is 28.9 Å². The predicted octanol–water partition coefficient (Wildman–Crippen LogP) is 4.50. The van der Waals surface area contributed by atoms with Gasteiger partial charge in [-0.2, -0.15) is 0 Å². The van der Waals surface area contributed by atoms with E-state index in [1.54, 1.807) is 12.3 Å². The van der Waals surface area contributed by atoms with Crippen LogP contribution in [0, 0.1) is 11.2 Å². The van der Waals surface area contributed by atoms with Crippen LogP contribution in [0.3, 0.4) is 0 Å². The third kappa shape index (κ3) is 2.92. The van der Waals surface area contributed by atoms with Crippen molar-refractivity contribution in [2.75, 3.05) is 11.9 Å². The van der Waals surface area contributed by atoms with E-state index >= 15 is 0 Å². The normalized spacial score (nSPS) is 25.1. The molecule has 6 rings (SSSR count). The van der Waals surface area contributed by atoms with Crippen LogP contribution in [0.15, 0.2) is 48.9 Å². The van der Waals surface area contributed by atoms with E-state index in [0.717, 1.165) is 30.6 Å². The van der Waals surface area contributed by atoms with Gasteiger partial charge in [-0.3, -0.25) is 4.79 Å². The first kappa shape index (κ1) is 17.5. The highest BCUT2D eigenvalue weighted by molar-refractivity contribution is 6.30. The number of aromatic nitrogens is 2. The molecule has 3 aliphatic rings. The molecule has 28 heavy (non-hydrogen) atoms. The van der Waals surface area contributed by atoms with E-state index in [1.165, 1.54) is 12.1 Å². The minimum Gasteiger partial charge on any atom is -0.486 e. The zero-order chi connectivity index (χ0) is 19.4. The molecule has 0 atom stereocenters. The van der Waals surface area contributed by atoms with Crippen LogP contribution in [0.2, 0.25) is 5.02 Å². The van der Waals surface area contributed by atoms with E-state index in [9.17, 15) is 9.18 Å². The largest absolute Gasteiger partial charge is 0.486 e. The van der Waals surface area contributed by atoms with Crippen molar-refractivity contribution >= 4 is 28.7 Å². The molecule has 0 spiro atoms. The molecule has 7 heteroatoms. The number of anilines is 1. The second-order valence-electron chi connectivity index (χ2n) is 8.09. The van der Waals surface area contributed by atoms with Gasteiger partial charge in [0, 0.05) is 36.6 Å². The first-order valence-electron chi connectivity index (χ1n) is 9.26. The molecule has 0 saturated heterocycles. The lowest BCUT2D eigenvalue weighted by molar-refractivity contribution is -0.147. The topological polar surface area (TPSA) is 55.6 Å². The van der Waals surface area contributed by atoms with E-state index in [2.05, 4.69) is 10.3 Å². The van der Waals surface area contributed by atoms with Crippen LogP contribution in [0.25, 0.3) is 5.52 Å². The number of carbonyl (C=O) groups is 1. The van der Waals surface area contributed by atoms with Gasteiger partial charge in [-0.15, -0.1) is 0 Å². The van der Waals surface area contributed by atoms with Crippen molar-refractivity contribution in [3.8, 4) is 5.75 Å². The number of hydrogen-bond acceptors (Lipinski definition) is 4. The first-order valence-corrected chi connectivity index (χ1v) is 9.63. The molecule has 3 saturated carbocycles. The van der Waals surface area contributed by atoms with Crippen LogP contribution in [0.5, 0.6) is 5.75 Å². The number of ether oxygens (including phenoxy) is 1. The summed E-state index contributed by atoms with van der Waals surface area (Å²) in [7, 11) is 0. The smallest absolute Gasteiger partial charge is 0.170 e. The lowest BCUT2D eigenvalue weighted by atomic mass is 9.38. The summed E-state index contributed by atoms with van der Waals surface area (Å²) >= 11 is 5.65. The van der Waals surface area contributed by atoms with E-state index < -0.39 is 5.82 Å². The van der Waals surface area contributed by atoms with Crippen LogP contribution in [-0.4, -0.2) is 27.3 Å². The van der Waals surface area contributed by atoms with Crippen molar-refractivity contribution in [2.45, 2.75) is 31.2 Å². The van der Waals surface area contributed by atoms with Crippen LogP contribution in [0.4, 0.5) is 10.2 Å². The summed E-state index contributed by atoms with van der Waals surface area (Å²) in [5.74, 6) is 0.693. The molecule has 2 bridgehead atoms. The summed E-state index contributed by atoms with van der Waals surface area (Å²) < 4.78 is 20.9. The molecule has 0 aliphatic heterocycles. The Labute approximate surface area is 166 Å². The number of Topliss-reactive ketones (excluding diaryl/α,β-unsaturated/α-hetero) is 1. The molecule has 1 N–H and O–H groups in total. The minimum atomic E-state index is -0.550. The Balaban J connectivity index is 1.15. The average molecular weight is 400 g/mol. The van der Waals surface area contributed by atoms with Gasteiger partial charge in [0.15, 0.2) is 11.6 Å². The highest BCUT2D eigenvalue weighted by Crippen LogP contribution is 2.70. The highest BCUT2D eigenvalue weighted by Gasteiger charge is 2.68. The van der Waals surface area contributed by atoms with Gasteiger partial charge in [0.05, 0.1) is 10.5 Å². The molecule has 3 aromatic rings. The molecule has 5 nitrogen and oxygen atoms in total. The van der Waals surface area contributed by atoms with E-state index in [4.69, 9.17) is 16.3 Å². The van der Waals surface area contributed by atoms with Gasteiger partial charge < -0.3 is 14.5 Å². The lowest BCUT2D eigenvalue weighted by Crippen LogP contribution is -2.71. The number of hydrogen-bond donors (Lipinski definition) is 1. The fraction of sp³-hybridized carbons (Fsp3) is 0.333. The van der Waals surface area contributed by atoms with Crippen molar-refractivity contribution in [1.29, 1.82) is 0 Å². The molecule has 3 aliphatic carbocycles. The van der Waals surface area contributed by atoms with E-state index in [0.29, 0.717) is 12.2 Å². The highest BCUT2D eigenvalue weighted by atomic mass is 35.5. The van der Waals surface area contributed by atoms with Crippen molar-refractivity contribution in [3.63, 3.8) is 0 Å². The number of fused-ring (bicyclic) bond motifs is 1. The van der Waals surface area contributed by atoms with E-state index in [-0.39, 0.29) is 28.4 Å². The zero-order valence-electron chi connectivity index (χ0n) is 15.1. The molecule has 2 aromatic heterocycles. The third-order valence-corrected chi connectivity index (χ3v) is 6.15. The summed E-state index contributed by atoms with van der Waals surface area (Å²) in [6.45, 7) is -0.0474. The maximum absolute atomic E-state index is 13.4. The van der Waals surface area contributed by atoms with Gasteiger partial charge in [-0.05, 0) is 48.9 Å². The van der Waals surface area contributed by atoms with Gasteiger partial charge in [0.1, 0.15) is 18.2 Å².